The number of aryl methyl sites for hydroxylation is 2. The molecule has 1 aromatic carbocycles. The zero-order chi connectivity index (χ0) is 22.6. The second-order valence-corrected chi connectivity index (χ2v) is 9.05. The molecule has 1 amide bonds. The third-order valence-electron chi connectivity index (χ3n) is 6.87. The number of benzene rings is 1. The molecule has 1 N–H and O–H groups in total. The zero-order valence-corrected chi connectivity index (χ0v) is 19.4. The molecule has 0 atom stereocenters. The Bertz CT molecular complexity index is 897. The van der Waals surface area contributed by atoms with Crippen LogP contribution >= 0.6 is 0 Å². The summed E-state index contributed by atoms with van der Waals surface area (Å²) in [6.07, 6.45) is 3.45. The first kappa shape index (κ1) is 22.5. The smallest absolute Gasteiger partial charge is 0.225 e. The van der Waals surface area contributed by atoms with E-state index in [1.54, 1.807) is 7.11 Å². The molecule has 7 nitrogen and oxygen atoms in total. The number of anilines is 1. The van der Waals surface area contributed by atoms with Gasteiger partial charge in [-0.1, -0.05) is 12.1 Å². The van der Waals surface area contributed by atoms with Crippen molar-refractivity contribution in [3.63, 3.8) is 0 Å². The Labute approximate surface area is 190 Å². The molecule has 2 saturated heterocycles. The molecular weight excluding hydrogens is 404 g/mol. The Morgan fingerprint density at radius 2 is 1.75 bits per heavy atom. The van der Waals surface area contributed by atoms with E-state index in [4.69, 9.17) is 9.47 Å². The van der Waals surface area contributed by atoms with Crippen molar-refractivity contribution in [3.8, 4) is 5.75 Å². The van der Waals surface area contributed by atoms with Crippen molar-refractivity contribution in [1.29, 1.82) is 0 Å². The molecule has 2 aromatic rings. The third-order valence-corrected chi connectivity index (χ3v) is 6.87. The minimum absolute atomic E-state index is 0.0323. The van der Waals surface area contributed by atoms with Gasteiger partial charge in [-0.15, -0.1) is 0 Å². The Morgan fingerprint density at radius 3 is 2.34 bits per heavy atom. The fraction of sp³-hybridized carbons (Fsp3) is 0.560. The van der Waals surface area contributed by atoms with Crippen LogP contribution in [0.2, 0.25) is 0 Å². The molecular formula is C25H34N4O3. The topological polar surface area (TPSA) is 76.6 Å². The normalized spacial score (nSPS) is 18.9. The maximum atomic E-state index is 13.1. The van der Waals surface area contributed by atoms with Gasteiger partial charge < -0.3 is 19.7 Å². The molecule has 2 aliphatic rings. The largest absolute Gasteiger partial charge is 0.497 e. The summed E-state index contributed by atoms with van der Waals surface area (Å²) in [5.74, 6) is 1.82. The number of methoxy groups -OCH3 is 1. The maximum absolute atomic E-state index is 13.1. The monoisotopic (exact) mass is 438 g/mol. The quantitative estimate of drug-likeness (QED) is 0.747. The number of nitrogens with zero attached hydrogens (tertiary/aromatic N) is 3. The van der Waals surface area contributed by atoms with Gasteiger partial charge in [-0.25, -0.2) is 9.97 Å². The van der Waals surface area contributed by atoms with E-state index in [-0.39, 0.29) is 17.2 Å². The fourth-order valence-corrected chi connectivity index (χ4v) is 4.87. The molecule has 3 heterocycles. The summed E-state index contributed by atoms with van der Waals surface area (Å²) in [5.41, 5.74) is 3.11. The van der Waals surface area contributed by atoms with Gasteiger partial charge in [-0.3, -0.25) is 4.79 Å². The summed E-state index contributed by atoms with van der Waals surface area (Å²) in [4.78, 5) is 24.4. The number of aromatic nitrogens is 2. The standard InChI is InChI=1S/C25H34N4O3/c1-18-16-19(2)28-24(27-18)29-12-8-20(9-13-29)23(30)26-17-25(10-14-32-15-11-25)21-4-6-22(31-3)7-5-21/h4-7,16,20H,8-15,17H2,1-3H3,(H,26,30). The van der Waals surface area contributed by atoms with E-state index in [2.05, 4.69) is 32.3 Å². The molecule has 0 unspecified atom stereocenters. The van der Waals surface area contributed by atoms with E-state index in [1.165, 1.54) is 5.56 Å². The number of hydrogen-bond donors (Lipinski definition) is 1. The third kappa shape index (κ3) is 5.04. The fourth-order valence-electron chi connectivity index (χ4n) is 4.87. The van der Waals surface area contributed by atoms with Crippen LogP contribution in [0.4, 0.5) is 5.95 Å². The van der Waals surface area contributed by atoms with Crippen LogP contribution in [0.5, 0.6) is 5.75 Å². The number of piperidine rings is 1. The molecule has 172 valence electrons. The van der Waals surface area contributed by atoms with Gasteiger partial charge in [-0.05, 0) is 63.3 Å². The van der Waals surface area contributed by atoms with Crippen LogP contribution in [-0.2, 0) is 14.9 Å². The van der Waals surface area contributed by atoms with E-state index in [0.29, 0.717) is 6.54 Å². The Balaban J connectivity index is 1.36. The first-order valence-corrected chi connectivity index (χ1v) is 11.6. The number of nitrogens with one attached hydrogen (secondary N) is 1. The van der Waals surface area contributed by atoms with Crippen LogP contribution in [0.3, 0.4) is 0 Å². The van der Waals surface area contributed by atoms with Gasteiger partial charge in [0.25, 0.3) is 0 Å². The highest BCUT2D eigenvalue weighted by atomic mass is 16.5. The van der Waals surface area contributed by atoms with E-state index in [0.717, 1.165) is 75.1 Å². The van der Waals surface area contributed by atoms with E-state index in [9.17, 15) is 4.79 Å². The van der Waals surface area contributed by atoms with Gasteiger partial charge in [0.15, 0.2) is 0 Å². The molecule has 0 aliphatic carbocycles. The van der Waals surface area contributed by atoms with Crippen molar-refractivity contribution < 1.29 is 14.3 Å². The van der Waals surface area contributed by atoms with Crippen molar-refractivity contribution in [1.82, 2.24) is 15.3 Å². The lowest BCUT2D eigenvalue weighted by molar-refractivity contribution is -0.126. The van der Waals surface area contributed by atoms with Crippen LogP contribution in [-0.4, -0.2) is 55.8 Å². The predicted octanol–water partition coefficient (Wildman–Crippen LogP) is 3.18. The van der Waals surface area contributed by atoms with Crippen molar-refractivity contribution in [2.75, 3.05) is 44.9 Å². The van der Waals surface area contributed by atoms with Crippen molar-refractivity contribution in [2.24, 2.45) is 5.92 Å². The van der Waals surface area contributed by atoms with Crippen LogP contribution in [0.15, 0.2) is 30.3 Å². The predicted molar refractivity (Wildman–Crippen MR) is 124 cm³/mol. The van der Waals surface area contributed by atoms with E-state index >= 15 is 0 Å². The lowest BCUT2D eigenvalue weighted by Gasteiger charge is -2.39. The number of amides is 1. The second kappa shape index (κ2) is 9.86. The summed E-state index contributed by atoms with van der Waals surface area (Å²) in [7, 11) is 1.68. The van der Waals surface area contributed by atoms with Gasteiger partial charge in [0.1, 0.15) is 5.75 Å². The molecule has 32 heavy (non-hydrogen) atoms. The molecule has 0 saturated carbocycles. The molecule has 1 aromatic heterocycles. The van der Waals surface area contributed by atoms with Crippen molar-refractivity contribution in [2.45, 2.75) is 44.9 Å². The summed E-state index contributed by atoms with van der Waals surface area (Å²) >= 11 is 0. The van der Waals surface area contributed by atoms with E-state index < -0.39 is 0 Å². The van der Waals surface area contributed by atoms with Crippen LogP contribution in [0, 0.1) is 19.8 Å². The number of carbonyl (C=O) groups excluding carboxylic acids is 1. The van der Waals surface area contributed by atoms with Gasteiger partial charge in [0.2, 0.25) is 11.9 Å². The van der Waals surface area contributed by atoms with Crippen LogP contribution in [0.25, 0.3) is 0 Å². The highest BCUT2D eigenvalue weighted by molar-refractivity contribution is 5.79. The minimum atomic E-state index is -0.0895. The molecule has 2 fully saturated rings. The number of hydrogen-bond acceptors (Lipinski definition) is 6. The molecule has 7 heteroatoms. The van der Waals surface area contributed by atoms with Crippen LogP contribution < -0.4 is 15.0 Å². The van der Waals surface area contributed by atoms with Crippen molar-refractivity contribution >= 4 is 11.9 Å². The average molecular weight is 439 g/mol. The highest BCUT2D eigenvalue weighted by Gasteiger charge is 2.36. The highest BCUT2D eigenvalue weighted by Crippen LogP contribution is 2.35. The summed E-state index contributed by atoms with van der Waals surface area (Å²) in [6, 6.07) is 10.2. The minimum Gasteiger partial charge on any atom is -0.497 e. The zero-order valence-electron chi connectivity index (χ0n) is 19.4. The Kier molecular flexibility index (Phi) is 6.94. The van der Waals surface area contributed by atoms with Gasteiger partial charge >= 0.3 is 0 Å². The van der Waals surface area contributed by atoms with Crippen molar-refractivity contribution in [3.05, 3.63) is 47.3 Å². The number of rotatable bonds is 6. The lowest BCUT2D eigenvalue weighted by Crippen LogP contribution is -2.47. The summed E-state index contributed by atoms with van der Waals surface area (Å²) in [6.45, 7) is 7.67. The molecule has 0 bridgehead atoms. The SMILES string of the molecule is COc1ccc(C2(CNC(=O)C3CCN(c4nc(C)cc(C)n4)CC3)CCOCC2)cc1. The molecule has 4 rings (SSSR count). The molecule has 2 aliphatic heterocycles. The molecule has 0 spiro atoms. The average Bonchev–Trinajstić information content (AvgIpc) is 2.83. The van der Waals surface area contributed by atoms with Crippen LogP contribution in [0.1, 0.15) is 42.6 Å². The van der Waals surface area contributed by atoms with Gasteiger partial charge in [0.05, 0.1) is 7.11 Å². The number of ether oxygens (including phenoxy) is 2. The van der Waals surface area contributed by atoms with E-state index in [1.807, 2.05) is 32.0 Å². The Hall–Kier alpha value is -2.67. The first-order chi connectivity index (χ1) is 15.5. The maximum Gasteiger partial charge on any atom is 0.225 e. The lowest BCUT2D eigenvalue weighted by atomic mass is 9.74. The Morgan fingerprint density at radius 1 is 1.12 bits per heavy atom. The summed E-state index contributed by atoms with van der Waals surface area (Å²) < 4.78 is 10.9. The van der Waals surface area contributed by atoms with Gasteiger partial charge in [-0.2, -0.15) is 0 Å². The second-order valence-electron chi connectivity index (χ2n) is 9.05. The van der Waals surface area contributed by atoms with Gasteiger partial charge in [0, 0.05) is 55.6 Å². The number of carbonyl (C=O) groups is 1. The molecule has 0 radical (unpaired) electrons. The summed E-state index contributed by atoms with van der Waals surface area (Å²) in [5, 5.41) is 3.29. The first-order valence-electron chi connectivity index (χ1n) is 11.6.